The summed E-state index contributed by atoms with van der Waals surface area (Å²) < 4.78 is 0. The summed E-state index contributed by atoms with van der Waals surface area (Å²) in [6.07, 6.45) is 5.91. The van der Waals surface area contributed by atoms with Gasteiger partial charge in [0.05, 0.1) is 6.04 Å². The minimum atomic E-state index is 0.0671. The monoisotopic (exact) mass is 224 g/mol. The zero-order valence-corrected chi connectivity index (χ0v) is 10.8. The molecule has 1 amide bonds. The number of carbonyl (C=O) groups excluding carboxylic acids is 1. The van der Waals surface area contributed by atoms with E-state index in [1.165, 1.54) is 25.7 Å². The molecule has 1 unspecified atom stereocenters. The zero-order chi connectivity index (χ0) is 11.8. The smallest absolute Gasteiger partial charge is 0.240 e. The van der Waals surface area contributed by atoms with Crippen molar-refractivity contribution in [2.75, 3.05) is 6.54 Å². The van der Waals surface area contributed by atoms with Crippen molar-refractivity contribution in [3.63, 3.8) is 0 Å². The number of likely N-dealkylation sites (tertiary alicyclic amines) is 1. The van der Waals surface area contributed by atoms with Gasteiger partial charge in [0.1, 0.15) is 0 Å². The summed E-state index contributed by atoms with van der Waals surface area (Å²) >= 11 is 0. The summed E-state index contributed by atoms with van der Waals surface area (Å²) in [7, 11) is 0. The van der Waals surface area contributed by atoms with Crippen LogP contribution in [0.4, 0.5) is 0 Å². The van der Waals surface area contributed by atoms with E-state index in [0.29, 0.717) is 11.9 Å². The molecule has 1 heterocycles. The molecule has 0 spiro atoms. The first-order valence-electron chi connectivity index (χ1n) is 6.60. The van der Waals surface area contributed by atoms with Gasteiger partial charge in [-0.3, -0.25) is 4.79 Å². The highest BCUT2D eigenvalue weighted by Gasteiger charge is 2.43. The Balaban J connectivity index is 2.01. The van der Waals surface area contributed by atoms with E-state index < -0.39 is 0 Å². The molecule has 0 aromatic carbocycles. The summed E-state index contributed by atoms with van der Waals surface area (Å²) in [5.41, 5.74) is 0.157. The van der Waals surface area contributed by atoms with Gasteiger partial charge in [-0.05, 0) is 26.2 Å². The molecule has 1 N–H and O–H groups in total. The lowest BCUT2D eigenvalue weighted by Crippen LogP contribution is -2.49. The van der Waals surface area contributed by atoms with Gasteiger partial charge in [-0.15, -0.1) is 0 Å². The number of amides is 1. The Bertz CT molecular complexity index is 269. The Morgan fingerprint density at radius 3 is 2.56 bits per heavy atom. The first kappa shape index (κ1) is 11.9. The second-order valence-corrected chi connectivity index (χ2v) is 5.86. The van der Waals surface area contributed by atoms with Crippen LogP contribution in [0.2, 0.25) is 0 Å². The van der Waals surface area contributed by atoms with Crippen LogP contribution in [-0.4, -0.2) is 35.0 Å². The van der Waals surface area contributed by atoms with Crippen molar-refractivity contribution in [2.45, 2.75) is 70.5 Å². The van der Waals surface area contributed by atoms with Gasteiger partial charge in [-0.25, -0.2) is 0 Å². The van der Waals surface area contributed by atoms with Gasteiger partial charge in [0.25, 0.3) is 0 Å². The van der Waals surface area contributed by atoms with E-state index in [2.05, 4.69) is 31.0 Å². The summed E-state index contributed by atoms with van der Waals surface area (Å²) in [6, 6.07) is 0.461. The number of nitrogens with one attached hydrogen (secondary N) is 1. The van der Waals surface area contributed by atoms with Crippen LogP contribution in [0.15, 0.2) is 0 Å². The number of carbonyl (C=O) groups is 1. The minimum absolute atomic E-state index is 0.0671. The highest BCUT2D eigenvalue weighted by atomic mass is 16.2. The first-order chi connectivity index (χ1) is 7.53. The average molecular weight is 224 g/mol. The normalized spacial score (nSPS) is 29.4. The Kier molecular flexibility index (Phi) is 3.24. The van der Waals surface area contributed by atoms with Crippen LogP contribution >= 0.6 is 0 Å². The van der Waals surface area contributed by atoms with Crippen LogP contribution in [0.25, 0.3) is 0 Å². The molecule has 2 rings (SSSR count). The second-order valence-electron chi connectivity index (χ2n) is 5.86. The first-order valence-corrected chi connectivity index (χ1v) is 6.60. The number of hydrogen-bond acceptors (Lipinski definition) is 2. The van der Waals surface area contributed by atoms with Crippen LogP contribution in [-0.2, 0) is 4.79 Å². The highest BCUT2D eigenvalue weighted by Crippen LogP contribution is 2.37. The third-order valence-electron chi connectivity index (χ3n) is 4.07. The Morgan fingerprint density at radius 1 is 1.38 bits per heavy atom. The molecule has 2 fully saturated rings. The van der Waals surface area contributed by atoms with E-state index in [4.69, 9.17) is 0 Å². The zero-order valence-electron chi connectivity index (χ0n) is 10.8. The molecule has 3 heteroatoms. The fraction of sp³-hybridized carbons (Fsp3) is 0.923. The molecule has 1 saturated heterocycles. The Hall–Kier alpha value is -0.570. The van der Waals surface area contributed by atoms with Crippen LogP contribution in [0.5, 0.6) is 0 Å². The molecule has 1 aliphatic heterocycles. The molecule has 0 bridgehead atoms. The third-order valence-corrected chi connectivity index (χ3v) is 4.07. The molecule has 0 aromatic rings. The van der Waals surface area contributed by atoms with Gasteiger partial charge in [0.2, 0.25) is 5.91 Å². The second kappa shape index (κ2) is 4.36. The number of rotatable bonds is 3. The summed E-state index contributed by atoms with van der Waals surface area (Å²) in [6.45, 7) is 7.41. The van der Waals surface area contributed by atoms with Crippen molar-refractivity contribution in [3.8, 4) is 0 Å². The topological polar surface area (TPSA) is 32.3 Å². The Morgan fingerprint density at radius 2 is 2.00 bits per heavy atom. The molecule has 1 atom stereocenters. The van der Waals surface area contributed by atoms with Crippen molar-refractivity contribution >= 4 is 5.91 Å². The van der Waals surface area contributed by atoms with Crippen LogP contribution in [0.1, 0.15) is 52.9 Å². The van der Waals surface area contributed by atoms with Gasteiger partial charge in [0, 0.05) is 18.1 Å². The standard InChI is InChI=1S/C13H24N2O/c1-10(2)14-11-6-9-15(12(11)16)13(3)7-4-5-8-13/h10-11,14H,4-9H2,1-3H3. The van der Waals surface area contributed by atoms with E-state index in [9.17, 15) is 4.79 Å². The molecule has 2 aliphatic rings. The predicted molar refractivity (Wildman–Crippen MR) is 65.3 cm³/mol. The highest BCUT2D eigenvalue weighted by molar-refractivity contribution is 5.84. The van der Waals surface area contributed by atoms with Crippen molar-refractivity contribution in [1.29, 1.82) is 0 Å². The molecule has 0 radical (unpaired) electrons. The molecule has 3 nitrogen and oxygen atoms in total. The molecule has 92 valence electrons. The summed E-state index contributed by atoms with van der Waals surface area (Å²) in [5.74, 6) is 0.332. The maximum atomic E-state index is 12.3. The lowest BCUT2D eigenvalue weighted by molar-refractivity contribution is -0.134. The minimum Gasteiger partial charge on any atom is -0.336 e. The van der Waals surface area contributed by atoms with E-state index in [0.717, 1.165) is 13.0 Å². The molecular weight excluding hydrogens is 200 g/mol. The van der Waals surface area contributed by atoms with Gasteiger partial charge in [-0.1, -0.05) is 26.7 Å². The molecular formula is C13H24N2O. The van der Waals surface area contributed by atoms with Crippen LogP contribution < -0.4 is 5.32 Å². The van der Waals surface area contributed by atoms with Gasteiger partial charge in [-0.2, -0.15) is 0 Å². The lowest BCUT2D eigenvalue weighted by atomic mass is 9.98. The fourth-order valence-electron chi connectivity index (χ4n) is 3.18. The van der Waals surface area contributed by atoms with Crippen LogP contribution in [0, 0.1) is 0 Å². The SMILES string of the molecule is CC(C)NC1CCN(C2(C)CCCC2)C1=O. The maximum Gasteiger partial charge on any atom is 0.240 e. The van der Waals surface area contributed by atoms with Gasteiger partial charge < -0.3 is 10.2 Å². The van der Waals surface area contributed by atoms with E-state index in [-0.39, 0.29) is 11.6 Å². The van der Waals surface area contributed by atoms with E-state index in [1.807, 2.05) is 0 Å². The Labute approximate surface area is 98.6 Å². The van der Waals surface area contributed by atoms with Crippen molar-refractivity contribution in [2.24, 2.45) is 0 Å². The molecule has 1 aliphatic carbocycles. The van der Waals surface area contributed by atoms with E-state index in [1.54, 1.807) is 0 Å². The molecule has 0 aromatic heterocycles. The third kappa shape index (κ3) is 2.10. The fourth-order valence-corrected chi connectivity index (χ4v) is 3.18. The van der Waals surface area contributed by atoms with E-state index >= 15 is 0 Å². The number of nitrogens with zero attached hydrogens (tertiary/aromatic N) is 1. The largest absolute Gasteiger partial charge is 0.336 e. The lowest BCUT2D eigenvalue weighted by Gasteiger charge is -2.35. The molecule has 1 saturated carbocycles. The van der Waals surface area contributed by atoms with Crippen molar-refractivity contribution < 1.29 is 4.79 Å². The predicted octanol–water partition coefficient (Wildman–Crippen LogP) is 1.92. The van der Waals surface area contributed by atoms with Crippen LogP contribution in [0.3, 0.4) is 0 Å². The maximum absolute atomic E-state index is 12.3. The average Bonchev–Trinajstić information content (AvgIpc) is 2.75. The quantitative estimate of drug-likeness (QED) is 0.794. The van der Waals surface area contributed by atoms with Crippen molar-refractivity contribution in [1.82, 2.24) is 10.2 Å². The summed E-state index contributed by atoms with van der Waals surface area (Å²) in [5, 5.41) is 3.37. The molecule has 16 heavy (non-hydrogen) atoms. The number of hydrogen-bond donors (Lipinski definition) is 1. The van der Waals surface area contributed by atoms with Crippen molar-refractivity contribution in [3.05, 3.63) is 0 Å². The summed E-state index contributed by atoms with van der Waals surface area (Å²) in [4.78, 5) is 14.4. The van der Waals surface area contributed by atoms with Gasteiger partial charge >= 0.3 is 0 Å². The van der Waals surface area contributed by atoms with Gasteiger partial charge in [0.15, 0.2) is 0 Å².